The summed E-state index contributed by atoms with van der Waals surface area (Å²) in [5.41, 5.74) is 5.05. The van der Waals surface area contributed by atoms with Crippen molar-refractivity contribution in [2.24, 2.45) is 0 Å². The van der Waals surface area contributed by atoms with E-state index in [1.165, 1.54) is 4.90 Å². The van der Waals surface area contributed by atoms with Gasteiger partial charge < -0.3 is 14.6 Å². The molecule has 0 fully saturated rings. The van der Waals surface area contributed by atoms with Crippen molar-refractivity contribution < 1.29 is 28.7 Å². The van der Waals surface area contributed by atoms with Gasteiger partial charge >= 0.3 is 0 Å². The Labute approximate surface area is 276 Å². The average Bonchev–Trinajstić information content (AvgIpc) is 3.55. The molecule has 11 nitrogen and oxygen atoms in total. The lowest BCUT2D eigenvalue weighted by Gasteiger charge is -2.24. The van der Waals surface area contributed by atoms with Gasteiger partial charge in [0.1, 0.15) is 12.2 Å². The van der Waals surface area contributed by atoms with Crippen molar-refractivity contribution in [2.75, 3.05) is 0 Å². The average molecular weight is 646 g/mol. The van der Waals surface area contributed by atoms with Crippen LogP contribution in [-0.2, 0) is 45.4 Å². The number of hydrogen-bond acceptors (Lipinski definition) is 7. The number of nitrogens with one attached hydrogen (secondary N) is 2. The maximum Gasteiger partial charge on any atom is 0.261 e. The number of benzene rings is 3. The van der Waals surface area contributed by atoms with Gasteiger partial charge in [-0.2, -0.15) is 0 Å². The summed E-state index contributed by atoms with van der Waals surface area (Å²) in [6, 6.07) is 24.3. The molecule has 48 heavy (non-hydrogen) atoms. The van der Waals surface area contributed by atoms with E-state index < -0.39 is 17.9 Å². The van der Waals surface area contributed by atoms with Gasteiger partial charge in [-0.25, -0.2) is 4.98 Å². The van der Waals surface area contributed by atoms with E-state index in [0.717, 1.165) is 38.6 Å². The van der Waals surface area contributed by atoms with Gasteiger partial charge in [0, 0.05) is 36.0 Å². The van der Waals surface area contributed by atoms with Gasteiger partial charge in [-0.15, -0.1) is 0 Å². The van der Waals surface area contributed by atoms with Crippen molar-refractivity contribution in [3.05, 3.63) is 113 Å². The van der Waals surface area contributed by atoms with Crippen LogP contribution in [-0.4, -0.2) is 50.5 Å². The molecule has 3 aromatic carbocycles. The van der Waals surface area contributed by atoms with Crippen LogP contribution in [0.1, 0.15) is 63.6 Å². The highest BCUT2D eigenvalue weighted by Crippen LogP contribution is 2.29. The van der Waals surface area contributed by atoms with E-state index in [0.29, 0.717) is 37.1 Å². The zero-order valence-corrected chi connectivity index (χ0v) is 26.5. The molecule has 2 N–H and O–H groups in total. The monoisotopic (exact) mass is 645 g/mol. The van der Waals surface area contributed by atoms with E-state index in [9.17, 15) is 24.0 Å². The summed E-state index contributed by atoms with van der Waals surface area (Å²) in [5, 5.41) is 7.17. The highest BCUT2D eigenvalue weighted by molar-refractivity contribution is 6.21. The van der Waals surface area contributed by atoms with Crippen LogP contribution in [0.5, 0.6) is 0 Å². The fourth-order valence-corrected chi connectivity index (χ4v) is 6.15. The normalized spacial score (nSPS) is 13.1. The van der Waals surface area contributed by atoms with Crippen molar-refractivity contribution in [2.45, 2.75) is 58.5 Å². The third kappa shape index (κ3) is 6.72. The molecule has 1 aliphatic heterocycles. The largest absolute Gasteiger partial charge is 0.372 e. The topological polar surface area (TPSA) is 140 Å². The Bertz CT molecular complexity index is 1970. The second-order valence-electron chi connectivity index (χ2n) is 11.7. The number of imide groups is 2. The summed E-state index contributed by atoms with van der Waals surface area (Å²) in [4.78, 5) is 67.2. The molecule has 3 heterocycles. The summed E-state index contributed by atoms with van der Waals surface area (Å²) in [6.07, 6.45) is 2.84. The molecule has 1 atom stereocenters. The molecule has 0 saturated heterocycles. The first kappa shape index (κ1) is 32.3. The van der Waals surface area contributed by atoms with Gasteiger partial charge in [0.2, 0.25) is 18.2 Å². The van der Waals surface area contributed by atoms with Crippen LogP contribution in [0, 0.1) is 0 Å². The summed E-state index contributed by atoms with van der Waals surface area (Å²) in [6.45, 7) is 2.97. The van der Waals surface area contributed by atoms with Gasteiger partial charge in [-0.3, -0.25) is 34.2 Å². The Kier molecular flexibility index (Phi) is 9.67. The van der Waals surface area contributed by atoms with E-state index in [-0.39, 0.29) is 37.8 Å². The highest BCUT2D eigenvalue weighted by Gasteiger charge is 2.39. The van der Waals surface area contributed by atoms with Crippen molar-refractivity contribution in [3.63, 3.8) is 0 Å². The molecule has 244 valence electrons. The maximum atomic E-state index is 13.2. The number of fused-ring (bicyclic) bond motifs is 4. The Morgan fingerprint density at radius 3 is 2.35 bits per heavy atom. The number of rotatable bonds is 14. The predicted molar refractivity (Wildman–Crippen MR) is 178 cm³/mol. The third-order valence-corrected chi connectivity index (χ3v) is 8.62. The van der Waals surface area contributed by atoms with E-state index in [1.807, 2.05) is 72.2 Å². The standard InChI is InChI=1S/C37H35N5O6/c1-2-27(14-16-33(44)40-23-43)42-36(46)30-15-13-26(18-31(30)37(42)47)22-48-21-25-11-9-24(10-12-25)19-39-34(45)20-41-32-8-4-3-6-28(32)29-7-5-17-38-35(29)41/h3-13,15,17-18,23,27H,2,14,16,19-22H2,1H3,(H,39,45)(H,40,43,44). The van der Waals surface area contributed by atoms with Crippen molar-refractivity contribution >= 4 is 52.0 Å². The molecule has 0 bridgehead atoms. The number of aromatic nitrogens is 2. The molecule has 1 unspecified atom stereocenters. The molecule has 0 radical (unpaired) electrons. The van der Waals surface area contributed by atoms with Crippen LogP contribution in [0.25, 0.3) is 21.9 Å². The molecule has 5 aromatic rings. The summed E-state index contributed by atoms with van der Waals surface area (Å²) in [7, 11) is 0. The number of pyridine rings is 1. The SMILES string of the molecule is CCC(CCC(=O)NC=O)N1C(=O)c2ccc(COCc3ccc(CNC(=O)Cn4c5ccccc5c5cccnc54)cc3)cc2C1=O. The molecule has 2 aromatic heterocycles. The number of ether oxygens (including phenoxy) is 1. The van der Waals surface area contributed by atoms with Crippen LogP contribution < -0.4 is 10.6 Å². The first-order chi connectivity index (χ1) is 23.4. The second-order valence-corrected chi connectivity index (χ2v) is 11.7. The van der Waals surface area contributed by atoms with Gasteiger partial charge in [0.15, 0.2) is 0 Å². The molecule has 6 rings (SSSR count). The quantitative estimate of drug-likeness (QED) is 0.132. The van der Waals surface area contributed by atoms with E-state index in [2.05, 4.69) is 15.6 Å². The van der Waals surface area contributed by atoms with Gasteiger partial charge in [-0.05, 0) is 59.9 Å². The number of carbonyl (C=O) groups excluding carboxylic acids is 5. The predicted octanol–water partition coefficient (Wildman–Crippen LogP) is 4.65. The minimum absolute atomic E-state index is 0.0287. The van der Waals surface area contributed by atoms with Crippen LogP contribution in [0.4, 0.5) is 0 Å². The molecule has 0 saturated carbocycles. The minimum atomic E-state index is -0.455. The Morgan fingerprint density at radius 2 is 1.56 bits per heavy atom. The van der Waals surface area contributed by atoms with Crippen molar-refractivity contribution in [1.82, 2.24) is 25.1 Å². The van der Waals surface area contributed by atoms with Gasteiger partial charge in [-0.1, -0.05) is 55.5 Å². The summed E-state index contributed by atoms with van der Waals surface area (Å²) in [5.74, 6) is -1.34. The van der Waals surface area contributed by atoms with Crippen LogP contribution in [0.15, 0.2) is 85.1 Å². The first-order valence-electron chi connectivity index (χ1n) is 15.9. The summed E-state index contributed by atoms with van der Waals surface area (Å²) >= 11 is 0. The summed E-state index contributed by atoms with van der Waals surface area (Å²) < 4.78 is 7.86. The van der Waals surface area contributed by atoms with Crippen LogP contribution >= 0.6 is 0 Å². The maximum absolute atomic E-state index is 13.2. The first-order valence-corrected chi connectivity index (χ1v) is 15.9. The number of amides is 5. The van der Waals surface area contributed by atoms with Gasteiger partial charge in [0.25, 0.3) is 11.8 Å². The zero-order valence-electron chi connectivity index (χ0n) is 26.5. The molecule has 5 amide bonds. The van der Waals surface area contributed by atoms with E-state index in [1.54, 1.807) is 24.4 Å². The second kappa shape index (κ2) is 14.4. The fourth-order valence-electron chi connectivity index (χ4n) is 6.15. The fraction of sp³-hybridized carbons (Fsp3) is 0.243. The molecule has 1 aliphatic rings. The zero-order chi connectivity index (χ0) is 33.6. The lowest BCUT2D eigenvalue weighted by Crippen LogP contribution is -2.40. The third-order valence-electron chi connectivity index (χ3n) is 8.62. The molecule has 11 heteroatoms. The van der Waals surface area contributed by atoms with Gasteiger partial charge in [0.05, 0.1) is 29.9 Å². The molecular weight excluding hydrogens is 610 g/mol. The Morgan fingerprint density at radius 1 is 0.854 bits per heavy atom. The van der Waals surface area contributed by atoms with Crippen LogP contribution in [0.3, 0.4) is 0 Å². The smallest absolute Gasteiger partial charge is 0.261 e. The number of para-hydroxylation sites is 1. The number of nitrogens with zero attached hydrogens (tertiary/aromatic N) is 3. The van der Waals surface area contributed by atoms with Crippen molar-refractivity contribution in [1.29, 1.82) is 0 Å². The lowest BCUT2D eigenvalue weighted by molar-refractivity contribution is -0.125. The van der Waals surface area contributed by atoms with Crippen LogP contribution in [0.2, 0.25) is 0 Å². The van der Waals surface area contributed by atoms with E-state index >= 15 is 0 Å². The van der Waals surface area contributed by atoms with E-state index in [4.69, 9.17) is 4.74 Å². The Hall–Kier alpha value is -5.68. The lowest BCUT2D eigenvalue weighted by atomic mass is 10.1. The highest BCUT2D eigenvalue weighted by atomic mass is 16.5. The molecule has 0 spiro atoms. The Balaban J connectivity index is 0.997. The molecule has 0 aliphatic carbocycles. The number of hydrogen-bond donors (Lipinski definition) is 2. The molecular formula is C37H35N5O6. The minimum Gasteiger partial charge on any atom is -0.372 e. The van der Waals surface area contributed by atoms with Crippen molar-refractivity contribution in [3.8, 4) is 0 Å². The number of carbonyl (C=O) groups is 5.